The van der Waals surface area contributed by atoms with Gasteiger partial charge >= 0.3 is 5.97 Å². The van der Waals surface area contributed by atoms with E-state index in [1.54, 1.807) is 19.9 Å². The second kappa shape index (κ2) is 7.49. The fourth-order valence-corrected chi connectivity index (χ4v) is 7.95. The molecule has 4 aliphatic carbocycles. The van der Waals surface area contributed by atoms with E-state index in [0.717, 1.165) is 0 Å². The maximum atomic E-state index is 17.2. The number of ether oxygens (including phenoxy) is 1. The molecule has 4 rings (SSSR count). The molecule has 0 aromatic rings. The molecule has 0 heterocycles. The molecular formula is C25H32ClFO5. The third kappa shape index (κ3) is 2.68. The van der Waals surface area contributed by atoms with Gasteiger partial charge in [0.2, 0.25) is 0 Å². The van der Waals surface area contributed by atoms with E-state index in [1.165, 1.54) is 12.2 Å². The van der Waals surface area contributed by atoms with Crippen LogP contribution in [0.3, 0.4) is 0 Å². The zero-order valence-corrected chi connectivity index (χ0v) is 19.9. The first kappa shape index (κ1) is 23.6. The number of ketones is 2. The Labute approximate surface area is 193 Å². The molecule has 7 heteroatoms. The number of aliphatic hydroxyl groups is 1. The number of alkyl halides is 2. The highest BCUT2D eigenvalue weighted by molar-refractivity contribution is 6.29. The fraction of sp³-hybridized carbons (Fsp3) is 0.720. The normalized spacial score (nSPS) is 47.2. The lowest BCUT2D eigenvalue weighted by molar-refractivity contribution is -0.227. The van der Waals surface area contributed by atoms with E-state index in [4.69, 9.17) is 16.3 Å². The van der Waals surface area contributed by atoms with Crippen LogP contribution < -0.4 is 0 Å². The number of hydrogen-bond acceptors (Lipinski definition) is 5. The first-order valence-electron chi connectivity index (χ1n) is 11.5. The van der Waals surface area contributed by atoms with Crippen LogP contribution in [0.1, 0.15) is 59.8 Å². The summed E-state index contributed by atoms with van der Waals surface area (Å²) in [6.45, 7) is 7.13. The summed E-state index contributed by atoms with van der Waals surface area (Å²) in [5.74, 6) is -2.57. The van der Waals surface area contributed by atoms with Crippen molar-refractivity contribution in [2.75, 3.05) is 5.88 Å². The van der Waals surface area contributed by atoms with Crippen molar-refractivity contribution < 1.29 is 28.6 Å². The van der Waals surface area contributed by atoms with Crippen molar-refractivity contribution in [3.8, 4) is 0 Å². The van der Waals surface area contributed by atoms with Crippen LogP contribution in [0, 0.1) is 28.6 Å². The molecule has 8 atom stereocenters. The minimum Gasteiger partial charge on any atom is -0.450 e. The molecule has 1 N–H and O–H groups in total. The number of carbonyl (C=O) groups is 3. The van der Waals surface area contributed by atoms with Gasteiger partial charge in [-0.25, -0.2) is 4.39 Å². The summed E-state index contributed by atoms with van der Waals surface area (Å²) in [7, 11) is 0. The largest absolute Gasteiger partial charge is 0.450 e. The van der Waals surface area contributed by atoms with Crippen LogP contribution in [-0.2, 0) is 19.1 Å². The van der Waals surface area contributed by atoms with Crippen molar-refractivity contribution in [3.05, 3.63) is 23.8 Å². The van der Waals surface area contributed by atoms with Crippen molar-refractivity contribution in [2.45, 2.75) is 77.2 Å². The zero-order chi connectivity index (χ0) is 23.7. The lowest BCUT2D eigenvalue weighted by atomic mass is 9.44. The molecule has 5 nitrogen and oxygen atoms in total. The topological polar surface area (TPSA) is 80.7 Å². The third-order valence-corrected chi connectivity index (χ3v) is 9.52. The highest BCUT2D eigenvalue weighted by Gasteiger charge is 2.77. The summed E-state index contributed by atoms with van der Waals surface area (Å²) in [5.41, 5.74) is -4.83. The molecular weight excluding hydrogens is 435 g/mol. The average Bonchev–Trinajstić information content (AvgIpc) is 2.96. The molecule has 3 fully saturated rings. The summed E-state index contributed by atoms with van der Waals surface area (Å²) >= 11 is 6.01. The number of esters is 1. The van der Waals surface area contributed by atoms with Crippen LogP contribution in [0.4, 0.5) is 4.39 Å². The van der Waals surface area contributed by atoms with Gasteiger partial charge in [-0.05, 0) is 50.7 Å². The van der Waals surface area contributed by atoms with E-state index >= 15 is 4.39 Å². The number of hydrogen-bond donors (Lipinski definition) is 1. The average molecular weight is 467 g/mol. The van der Waals surface area contributed by atoms with Gasteiger partial charge in [0, 0.05) is 29.1 Å². The molecule has 3 saturated carbocycles. The highest BCUT2D eigenvalue weighted by atomic mass is 35.5. The smallest absolute Gasteiger partial charge is 0.306 e. The van der Waals surface area contributed by atoms with Gasteiger partial charge in [-0.2, -0.15) is 0 Å². The SMILES string of the molecule is CCC(=O)O[C@@]1(C(=O)CCl)[C@H](C)CC2C3CCC4=CC(=O)C=C[C@@]4(C)[C@]3(F)[C@H](O)C[C@]21C. The Kier molecular flexibility index (Phi) is 5.53. The summed E-state index contributed by atoms with van der Waals surface area (Å²) in [6.07, 6.45) is 4.67. The molecule has 0 saturated heterocycles. The second-order valence-electron chi connectivity index (χ2n) is 10.5. The summed E-state index contributed by atoms with van der Waals surface area (Å²) < 4.78 is 23.1. The van der Waals surface area contributed by atoms with Gasteiger partial charge in [-0.3, -0.25) is 14.4 Å². The van der Waals surface area contributed by atoms with E-state index in [1.807, 2.05) is 13.8 Å². The number of carbonyl (C=O) groups excluding carboxylic acids is 3. The molecule has 0 amide bonds. The third-order valence-electron chi connectivity index (χ3n) is 9.28. The number of fused-ring (bicyclic) bond motifs is 5. The van der Waals surface area contributed by atoms with Crippen molar-refractivity contribution in [1.82, 2.24) is 0 Å². The Balaban J connectivity index is 1.85. The van der Waals surface area contributed by atoms with Crippen molar-refractivity contribution >= 4 is 29.1 Å². The fourth-order valence-electron chi connectivity index (χ4n) is 7.75. The summed E-state index contributed by atoms with van der Waals surface area (Å²) in [5, 5.41) is 11.4. The van der Waals surface area contributed by atoms with Crippen molar-refractivity contribution in [1.29, 1.82) is 0 Å². The molecule has 0 aromatic heterocycles. The summed E-state index contributed by atoms with van der Waals surface area (Å²) in [4.78, 5) is 37.7. The zero-order valence-electron chi connectivity index (χ0n) is 19.1. The molecule has 0 aromatic carbocycles. The lowest BCUT2D eigenvalue weighted by Gasteiger charge is -2.62. The minimum absolute atomic E-state index is 0.0285. The molecule has 0 bridgehead atoms. The number of rotatable bonds is 4. The molecule has 0 aliphatic heterocycles. The van der Waals surface area contributed by atoms with Crippen LogP contribution in [0.2, 0.25) is 0 Å². The minimum atomic E-state index is -1.99. The van der Waals surface area contributed by atoms with E-state index < -0.39 is 40.1 Å². The van der Waals surface area contributed by atoms with Crippen LogP contribution in [0.5, 0.6) is 0 Å². The van der Waals surface area contributed by atoms with Crippen molar-refractivity contribution in [2.24, 2.45) is 28.6 Å². The molecule has 2 unspecified atom stereocenters. The predicted molar refractivity (Wildman–Crippen MR) is 118 cm³/mol. The number of Topliss-reactive ketones (excluding diaryl/α,β-unsaturated/α-hetero) is 1. The molecule has 32 heavy (non-hydrogen) atoms. The Morgan fingerprint density at radius 3 is 2.62 bits per heavy atom. The van der Waals surface area contributed by atoms with Gasteiger partial charge in [0.25, 0.3) is 0 Å². The standard InChI is InChI=1S/C25H32ClFO5/c1-5-21(31)32-25(20(30)13-26)14(2)10-18-17-7-6-15-11-16(28)8-9-22(15,3)24(17,27)19(29)12-23(18,25)4/h8-9,11,14,17-19,29H,5-7,10,12-13H2,1-4H3/t14-,17?,18?,19-,22-,23-,24-,25-/m1/s1. The summed E-state index contributed by atoms with van der Waals surface area (Å²) in [6, 6.07) is 0. The monoisotopic (exact) mass is 466 g/mol. The van der Waals surface area contributed by atoms with Gasteiger partial charge < -0.3 is 9.84 Å². The molecule has 176 valence electrons. The van der Waals surface area contributed by atoms with Crippen molar-refractivity contribution in [3.63, 3.8) is 0 Å². The van der Waals surface area contributed by atoms with Crippen LogP contribution in [0.25, 0.3) is 0 Å². The van der Waals surface area contributed by atoms with E-state index in [2.05, 4.69) is 0 Å². The van der Waals surface area contributed by atoms with Gasteiger partial charge in [0.15, 0.2) is 22.8 Å². The quantitative estimate of drug-likeness (QED) is 0.498. The first-order chi connectivity index (χ1) is 14.9. The predicted octanol–water partition coefficient (Wildman–Crippen LogP) is 4.10. The van der Waals surface area contributed by atoms with E-state index in [0.29, 0.717) is 24.8 Å². The lowest BCUT2D eigenvalue weighted by Crippen LogP contribution is -2.70. The first-order valence-corrected chi connectivity index (χ1v) is 12.1. The van der Waals surface area contributed by atoms with Crippen LogP contribution in [-0.4, -0.2) is 45.9 Å². The van der Waals surface area contributed by atoms with Gasteiger partial charge in [0.1, 0.15) is 0 Å². The Morgan fingerprint density at radius 1 is 1.31 bits per heavy atom. The number of allylic oxidation sites excluding steroid dienone is 4. The second-order valence-corrected chi connectivity index (χ2v) is 10.8. The van der Waals surface area contributed by atoms with Crippen LogP contribution in [0.15, 0.2) is 23.8 Å². The molecule has 0 spiro atoms. The Hall–Kier alpha value is -1.53. The highest BCUT2D eigenvalue weighted by Crippen LogP contribution is 2.71. The van der Waals surface area contributed by atoms with Gasteiger partial charge in [-0.15, -0.1) is 11.6 Å². The number of aliphatic hydroxyl groups excluding tert-OH is 1. The van der Waals surface area contributed by atoms with Gasteiger partial charge in [-0.1, -0.05) is 32.4 Å². The van der Waals surface area contributed by atoms with E-state index in [9.17, 15) is 19.5 Å². The molecule has 0 radical (unpaired) electrons. The maximum Gasteiger partial charge on any atom is 0.306 e. The maximum absolute atomic E-state index is 17.2. The Bertz CT molecular complexity index is 929. The number of halogens is 2. The van der Waals surface area contributed by atoms with Crippen LogP contribution >= 0.6 is 11.6 Å². The Morgan fingerprint density at radius 2 is 2.00 bits per heavy atom. The molecule has 4 aliphatic rings. The van der Waals surface area contributed by atoms with Gasteiger partial charge in [0.05, 0.1) is 12.0 Å². The van der Waals surface area contributed by atoms with E-state index in [-0.39, 0.29) is 42.1 Å².